The van der Waals surface area contributed by atoms with Gasteiger partial charge in [0.2, 0.25) is 5.70 Å². The number of nitrogens with zero attached hydrogens (tertiary/aromatic N) is 1. The van der Waals surface area contributed by atoms with Crippen molar-refractivity contribution in [3.05, 3.63) is 63.0 Å². The first-order chi connectivity index (χ1) is 8.56. The number of benzene rings is 1. The van der Waals surface area contributed by atoms with Crippen LogP contribution in [0.2, 0.25) is 5.02 Å². The molecule has 1 heterocycles. The predicted molar refractivity (Wildman–Crippen MR) is 69.8 cm³/mol. The lowest BCUT2D eigenvalue weighted by Gasteiger charge is -1.96. The van der Waals surface area contributed by atoms with Gasteiger partial charge in [-0.1, -0.05) is 23.7 Å². The van der Waals surface area contributed by atoms with Gasteiger partial charge in [-0.15, -0.1) is 0 Å². The number of furan rings is 1. The molecule has 2 rings (SSSR count). The molecule has 0 saturated carbocycles. The van der Waals surface area contributed by atoms with Crippen LogP contribution in [0, 0.1) is 10.1 Å². The molecule has 18 heavy (non-hydrogen) atoms. The molecule has 0 bridgehead atoms. The Labute approximate surface area is 109 Å². The molecular weight excluding hydrogens is 254 g/mol. The van der Waals surface area contributed by atoms with Gasteiger partial charge in [0, 0.05) is 17.5 Å². The van der Waals surface area contributed by atoms with Crippen LogP contribution in [0.15, 0.2) is 46.5 Å². The van der Waals surface area contributed by atoms with Crippen molar-refractivity contribution >= 4 is 17.7 Å². The molecule has 0 amide bonds. The first kappa shape index (κ1) is 12.4. The summed E-state index contributed by atoms with van der Waals surface area (Å²) in [6, 6.07) is 10.7. The number of nitro groups is 1. The second kappa shape index (κ2) is 5.06. The summed E-state index contributed by atoms with van der Waals surface area (Å²) < 4.78 is 5.51. The first-order valence-electron chi connectivity index (χ1n) is 5.25. The summed E-state index contributed by atoms with van der Waals surface area (Å²) in [5, 5.41) is 11.1. The fourth-order valence-electron chi connectivity index (χ4n) is 1.49. The Balaban J connectivity index is 2.31. The lowest BCUT2D eigenvalue weighted by atomic mass is 10.2. The summed E-state index contributed by atoms with van der Waals surface area (Å²) in [4.78, 5) is 10.0. The van der Waals surface area contributed by atoms with E-state index in [9.17, 15) is 10.1 Å². The maximum Gasteiger partial charge on any atom is 0.246 e. The van der Waals surface area contributed by atoms with E-state index in [0.717, 1.165) is 5.56 Å². The highest BCUT2D eigenvalue weighted by Crippen LogP contribution is 2.25. The van der Waals surface area contributed by atoms with E-state index < -0.39 is 4.92 Å². The van der Waals surface area contributed by atoms with Gasteiger partial charge in [0.05, 0.1) is 11.0 Å². The minimum absolute atomic E-state index is 0.0296. The van der Waals surface area contributed by atoms with Gasteiger partial charge in [-0.25, -0.2) is 0 Å². The molecule has 0 fully saturated rings. The van der Waals surface area contributed by atoms with Crippen LogP contribution in [0.3, 0.4) is 0 Å². The first-order valence-corrected chi connectivity index (χ1v) is 5.62. The van der Waals surface area contributed by atoms with E-state index >= 15 is 0 Å². The van der Waals surface area contributed by atoms with E-state index in [-0.39, 0.29) is 5.70 Å². The molecule has 0 saturated heterocycles. The minimum atomic E-state index is -0.457. The van der Waals surface area contributed by atoms with Crippen molar-refractivity contribution in [3.8, 4) is 11.3 Å². The third kappa shape index (κ3) is 2.78. The van der Waals surface area contributed by atoms with E-state index in [2.05, 4.69) is 0 Å². The summed E-state index contributed by atoms with van der Waals surface area (Å²) in [6.45, 7) is 1.42. The highest BCUT2D eigenvalue weighted by molar-refractivity contribution is 6.30. The van der Waals surface area contributed by atoms with E-state index in [0.29, 0.717) is 16.5 Å². The highest BCUT2D eigenvalue weighted by atomic mass is 35.5. The molecule has 1 aromatic carbocycles. The van der Waals surface area contributed by atoms with Crippen molar-refractivity contribution in [2.24, 2.45) is 0 Å². The Morgan fingerprint density at radius 1 is 1.39 bits per heavy atom. The molecule has 1 aromatic heterocycles. The number of halogens is 1. The van der Waals surface area contributed by atoms with Crippen molar-refractivity contribution in [2.45, 2.75) is 6.92 Å². The average molecular weight is 264 g/mol. The molecule has 92 valence electrons. The summed E-state index contributed by atoms with van der Waals surface area (Å²) in [6.07, 6.45) is 1.38. The Bertz CT molecular complexity index is 616. The maximum absolute atomic E-state index is 10.5. The third-order valence-electron chi connectivity index (χ3n) is 2.38. The van der Waals surface area contributed by atoms with E-state index in [4.69, 9.17) is 16.0 Å². The van der Waals surface area contributed by atoms with Crippen molar-refractivity contribution in [3.63, 3.8) is 0 Å². The van der Waals surface area contributed by atoms with Gasteiger partial charge in [0.25, 0.3) is 0 Å². The molecule has 0 aliphatic rings. The molecule has 2 aromatic rings. The van der Waals surface area contributed by atoms with Gasteiger partial charge in [-0.3, -0.25) is 10.1 Å². The Morgan fingerprint density at radius 3 is 2.83 bits per heavy atom. The van der Waals surface area contributed by atoms with Crippen molar-refractivity contribution < 1.29 is 9.34 Å². The quantitative estimate of drug-likeness (QED) is 0.615. The number of hydrogen-bond acceptors (Lipinski definition) is 3. The molecule has 0 atom stereocenters. The summed E-state index contributed by atoms with van der Waals surface area (Å²) in [5.74, 6) is 1.07. The van der Waals surface area contributed by atoms with Gasteiger partial charge in [-0.2, -0.15) is 0 Å². The number of allylic oxidation sites excluding steroid dienone is 1. The normalized spacial score (nSPS) is 11.6. The van der Waals surface area contributed by atoms with E-state index in [1.165, 1.54) is 13.0 Å². The fraction of sp³-hybridized carbons (Fsp3) is 0.0769. The van der Waals surface area contributed by atoms with Gasteiger partial charge in [0.15, 0.2) is 0 Å². The van der Waals surface area contributed by atoms with Gasteiger partial charge in [-0.05, 0) is 24.3 Å². The molecule has 0 aliphatic carbocycles. The molecule has 5 heteroatoms. The topological polar surface area (TPSA) is 56.3 Å². The van der Waals surface area contributed by atoms with Crippen LogP contribution < -0.4 is 0 Å². The zero-order chi connectivity index (χ0) is 13.1. The van der Waals surface area contributed by atoms with Gasteiger partial charge >= 0.3 is 0 Å². The average Bonchev–Trinajstić information content (AvgIpc) is 2.77. The van der Waals surface area contributed by atoms with Crippen molar-refractivity contribution in [1.29, 1.82) is 0 Å². The Hall–Kier alpha value is -2.07. The second-order valence-corrected chi connectivity index (χ2v) is 4.19. The second-order valence-electron chi connectivity index (χ2n) is 3.76. The number of rotatable bonds is 3. The predicted octanol–water partition coefficient (Wildman–Crippen LogP) is 4.24. The standard InChI is InChI=1S/C13H10ClNO3/c1-9(15(16)17)7-12-5-6-13(18-12)10-3-2-4-11(14)8-10/h2-8H,1H3. The van der Waals surface area contributed by atoms with Crippen LogP contribution in [-0.2, 0) is 0 Å². The maximum atomic E-state index is 10.5. The SMILES string of the molecule is CC(=Cc1ccc(-c2cccc(Cl)c2)o1)[N+](=O)[O-]. The van der Waals surface area contributed by atoms with Crippen LogP contribution in [0.25, 0.3) is 17.4 Å². The van der Waals surface area contributed by atoms with Crippen LogP contribution >= 0.6 is 11.6 Å². The zero-order valence-corrected chi connectivity index (χ0v) is 10.3. The lowest BCUT2D eigenvalue weighted by molar-refractivity contribution is -0.422. The highest BCUT2D eigenvalue weighted by Gasteiger charge is 2.07. The van der Waals surface area contributed by atoms with Crippen LogP contribution in [0.4, 0.5) is 0 Å². The summed E-state index contributed by atoms with van der Waals surface area (Å²) >= 11 is 5.88. The molecular formula is C13H10ClNO3. The van der Waals surface area contributed by atoms with Crippen LogP contribution in [-0.4, -0.2) is 4.92 Å². The van der Waals surface area contributed by atoms with E-state index in [1.807, 2.05) is 12.1 Å². The monoisotopic (exact) mass is 263 g/mol. The molecule has 0 radical (unpaired) electrons. The summed E-state index contributed by atoms with van der Waals surface area (Å²) in [7, 11) is 0. The Morgan fingerprint density at radius 2 is 2.17 bits per heavy atom. The van der Waals surface area contributed by atoms with Crippen LogP contribution in [0.1, 0.15) is 12.7 Å². The lowest BCUT2D eigenvalue weighted by Crippen LogP contribution is -1.92. The van der Waals surface area contributed by atoms with E-state index in [1.54, 1.807) is 24.3 Å². The van der Waals surface area contributed by atoms with Gasteiger partial charge < -0.3 is 4.42 Å². The summed E-state index contributed by atoms with van der Waals surface area (Å²) in [5.41, 5.74) is 0.864. The van der Waals surface area contributed by atoms with Crippen molar-refractivity contribution in [2.75, 3.05) is 0 Å². The molecule has 0 aliphatic heterocycles. The Kier molecular flexibility index (Phi) is 3.48. The zero-order valence-electron chi connectivity index (χ0n) is 9.59. The molecule has 4 nitrogen and oxygen atoms in total. The van der Waals surface area contributed by atoms with Gasteiger partial charge in [0.1, 0.15) is 11.5 Å². The van der Waals surface area contributed by atoms with Crippen LogP contribution in [0.5, 0.6) is 0 Å². The largest absolute Gasteiger partial charge is 0.456 e. The minimum Gasteiger partial charge on any atom is -0.456 e. The fourth-order valence-corrected chi connectivity index (χ4v) is 1.68. The molecule has 0 N–H and O–H groups in total. The molecule has 0 spiro atoms. The molecule has 0 unspecified atom stereocenters. The number of hydrogen-bond donors (Lipinski definition) is 0. The van der Waals surface area contributed by atoms with Crippen molar-refractivity contribution in [1.82, 2.24) is 0 Å². The smallest absolute Gasteiger partial charge is 0.246 e. The third-order valence-corrected chi connectivity index (χ3v) is 2.61.